The maximum absolute atomic E-state index is 12.3. The predicted molar refractivity (Wildman–Crippen MR) is 99.2 cm³/mol. The van der Waals surface area contributed by atoms with Crippen molar-refractivity contribution in [3.05, 3.63) is 57.0 Å². The fourth-order valence-corrected chi connectivity index (χ4v) is 4.11. The molecular weight excluding hydrogens is 380 g/mol. The maximum atomic E-state index is 12.3. The lowest BCUT2D eigenvalue weighted by atomic mass is 10.2. The number of fused-ring (bicyclic) bond motifs is 1. The van der Waals surface area contributed by atoms with E-state index in [1.165, 1.54) is 27.7 Å². The van der Waals surface area contributed by atoms with Gasteiger partial charge in [-0.2, -0.15) is 0 Å². The number of benzene rings is 1. The van der Waals surface area contributed by atoms with Crippen LogP contribution in [0.15, 0.2) is 50.1 Å². The molecular formula is C16H11ClN4O2S2. The number of aromatic nitrogens is 4. The van der Waals surface area contributed by atoms with Crippen LogP contribution in [-0.2, 0) is 12.8 Å². The molecule has 126 valence electrons. The monoisotopic (exact) mass is 390 g/mol. The molecule has 0 aliphatic carbocycles. The summed E-state index contributed by atoms with van der Waals surface area (Å²) in [6.45, 7) is 0. The van der Waals surface area contributed by atoms with E-state index < -0.39 is 0 Å². The molecule has 6 nitrogen and oxygen atoms in total. The summed E-state index contributed by atoms with van der Waals surface area (Å²) in [5, 5.41) is 11.1. The fraction of sp³-hybridized carbons (Fsp3) is 0.125. The van der Waals surface area contributed by atoms with Crippen molar-refractivity contribution in [3.8, 4) is 11.5 Å². The van der Waals surface area contributed by atoms with Crippen LogP contribution in [0.1, 0.15) is 5.89 Å². The summed E-state index contributed by atoms with van der Waals surface area (Å²) < 4.78 is 7.87. The SMILES string of the molecule is Cn1c(SCc2nnc(-c3ccccc3Cl)o2)nc2ccsc2c1=O. The number of thiophene rings is 1. The highest BCUT2D eigenvalue weighted by Crippen LogP contribution is 2.28. The Kier molecular flexibility index (Phi) is 4.32. The molecule has 1 aromatic carbocycles. The molecule has 0 fully saturated rings. The number of nitrogens with zero attached hydrogens (tertiary/aromatic N) is 4. The Bertz CT molecular complexity index is 1120. The molecule has 0 saturated heterocycles. The molecule has 0 radical (unpaired) electrons. The summed E-state index contributed by atoms with van der Waals surface area (Å²) in [5.41, 5.74) is 1.35. The summed E-state index contributed by atoms with van der Waals surface area (Å²) in [6.07, 6.45) is 0. The molecule has 0 aliphatic rings. The lowest BCUT2D eigenvalue weighted by molar-refractivity contribution is 0.528. The van der Waals surface area contributed by atoms with Crippen molar-refractivity contribution in [2.24, 2.45) is 7.05 Å². The van der Waals surface area contributed by atoms with E-state index in [2.05, 4.69) is 15.2 Å². The van der Waals surface area contributed by atoms with Gasteiger partial charge in [0, 0.05) is 7.05 Å². The molecule has 9 heteroatoms. The van der Waals surface area contributed by atoms with E-state index in [9.17, 15) is 4.79 Å². The first-order valence-corrected chi connectivity index (χ1v) is 9.52. The van der Waals surface area contributed by atoms with Gasteiger partial charge in [0.15, 0.2) is 5.16 Å². The predicted octanol–water partition coefficient (Wildman–Crippen LogP) is 3.99. The van der Waals surface area contributed by atoms with Crippen molar-refractivity contribution in [3.63, 3.8) is 0 Å². The topological polar surface area (TPSA) is 73.8 Å². The van der Waals surface area contributed by atoms with Crippen molar-refractivity contribution < 1.29 is 4.42 Å². The van der Waals surface area contributed by atoms with Crippen molar-refractivity contribution in [2.45, 2.75) is 10.9 Å². The minimum atomic E-state index is -0.0511. The number of hydrogen-bond donors (Lipinski definition) is 0. The van der Waals surface area contributed by atoms with E-state index in [-0.39, 0.29) is 5.56 Å². The molecule has 25 heavy (non-hydrogen) atoms. The second-order valence-corrected chi connectivity index (χ2v) is 7.43. The Labute approximate surface area is 155 Å². The summed E-state index contributed by atoms with van der Waals surface area (Å²) in [7, 11) is 1.71. The number of thioether (sulfide) groups is 1. The molecule has 0 saturated carbocycles. The van der Waals surface area contributed by atoms with Gasteiger partial charge >= 0.3 is 0 Å². The Morgan fingerprint density at radius 2 is 2.12 bits per heavy atom. The summed E-state index contributed by atoms with van der Waals surface area (Å²) in [6, 6.07) is 9.13. The molecule has 4 rings (SSSR count). The third-order valence-corrected chi connectivity index (χ3v) is 5.78. The largest absolute Gasteiger partial charge is 0.420 e. The Morgan fingerprint density at radius 1 is 1.28 bits per heavy atom. The van der Waals surface area contributed by atoms with E-state index in [1.807, 2.05) is 29.6 Å². The average molecular weight is 391 g/mol. The normalized spacial score (nSPS) is 11.3. The minimum Gasteiger partial charge on any atom is -0.420 e. The highest BCUT2D eigenvalue weighted by molar-refractivity contribution is 7.98. The molecule has 4 aromatic rings. The lowest BCUT2D eigenvalue weighted by Gasteiger charge is -2.05. The molecule has 0 amide bonds. The van der Waals surface area contributed by atoms with E-state index in [4.69, 9.17) is 16.0 Å². The van der Waals surface area contributed by atoms with Gasteiger partial charge in [-0.15, -0.1) is 21.5 Å². The van der Waals surface area contributed by atoms with Crippen LogP contribution >= 0.6 is 34.7 Å². The van der Waals surface area contributed by atoms with Crippen LogP contribution in [0.3, 0.4) is 0 Å². The van der Waals surface area contributed by atoms with Crippen LogP contribution in [0.4, 0.5) is 0 Å². The van der Waals surface area contributed by atoms with E-state index in [1.54, 1.807) is 13.1 Å². The Hall–Kier alpha value is -2.16. The third-order valence-electron chi connectivity index (χ3n) is 3.54. The van der Waals surface area contributed by atoms with Crippen LogP contribution < -0.4 is 5.56 Å². The van der Waals surface area contributed by atoms with Crippen LogP contribution in [0.5, 0.6) is 0 Å². The quantitative estimate of drug-likeness (QED) is 0.387. The van der Waals surface area contributed by atoms with Crippen LogP contribution in [0.2, 0.25) is 5.02 Å². The van der Waals surface area contributed by atoms with Crippen molar-refractivity contribution in [1.82, 2.24) is 19.7 Å². The Morgan fingerprint density at radius 3 is 2.96 bits per heavy atom. The first-order chi connectivity index (χ1) is 12.1. The molecule has 3 heterocycles. The van der Waals surface area contributed by atoms with Crippen LogP contribution in [0.25, 0.3) is 21.7 Å². The molecule has 0 aliphatic heterocycles. The van der Waals surface area contributed by atoms with Gasteiger partial charge in [-0.05, 0) is 23.6 Å². The lowest BCUT2D eigenvalue weighted by Crippen LogP contribution is -2.18. The van der Waals surface area contributed by atoms with Gasteiger partial charge in [-0.1, -0.05) is 35.5 Å². The van der Waals surface area contributed by atoms with Gasteiger partial charge in [0.2, 0.25) is 11.8 Å². The van der Waals surface area contributed by atoms with Gasteiger partial charge in [0.05, 0.1) is 21.9 Å². The molecule has 0 unspecified atom stereocenters. The number of rotatable bonds is 4. The van der Waals surface area contributed by atoms with Crippen molar-refractivity contribution in [1.29, 1.82) is 0 Å². The minimum absolute atomic E-state index is 0.0511. The number of hydrogen-bond acceptors (Lipinski definition) is 7. The smallest absolute Gasteiger partial charge is 0.271 e. The molecule has 0 atom stereocenters. The van der Waals surface area contributed by atoms with Crippen molar-refractivity contribution in [2.75, 3.05) is 0 Å². The average Bonchev–Trinajstić information content (AvgIpc) is 3.26. The van der Waals surface area contributed by atoms with Gasteiger partial charge in [0.25, 0.3) is 5.56 Å². The summed E-state index contributed by atoms with van der Waals surface area (Å²) in [4.78, 5) is 16.8. The van der Waals surface area contributed by atoms with Gasteiger partial charge in [0.1, 0.15) is 4.70 Å². The second-order valence-electron chi connectivity index (χ2n) is 5.16. The molecule has 0 bridgehead atoms. The Balaban J connectivity index is 1.58. The molecule has 0 spiro atoms. The highest BCUT2D eigenvalue weighted by Gasteiger charge is 2.14. The number of halogens is 1. The fourth-order valence-electron chi connectivity index (χ4n) is 2.28. The zero-order valence-corrected chi connectivity index (χ0v) is 15.4. The van der Waals surface area contributed by atoms with E-state index in [0.717, 1.165) is 0 Å². The zero-order chi connectivity index (χ0) is 17.4. The first kappa shape index (κ1) is 16.3. The third kappa shape index (κ3) is 3.08. The molecule has 3 aromatic heterocycles. The zero-order valence-electron chi connectivity index (χ0n) is 13.0. The van der Waals surface area contributed by atoms with Gasteiger partial charge in [-0.3, -0.25) is 9.36 Å². The van der Waals surface area contributed by atoms with E-state index >= 15 is 0 Å². The molecule has 0 N–H and O–H groups in total. The van der Waals surface area contributed by atoms with Crippen LogP contribution in [-0.4, -0.2) is 19.7 Å². The highest BCUT2D eigenvalue weighted by atomic mass is 35.5. The summed E-state index contributed by atoms with van der Waals surface area (Å²) in [5.74, 6) is 1.23. The maximum Gasteiger partial charge on any atom is 0.271 e. The summed E-state index contributed by atoms with van der Waals surface area (Å²) >= 11 is 8.91. The van der Waals surface area contributed by atoms with Crippen LogP contribution in [0, 0.1) is 0 Å². The standard InChI is InChI=1S/C16H11ClN4O2S2/c1-21-15(22)13-11(6-7-24-13)18-16(21)25-8-12-19-20-14(23-12)9-4-2-3-5-10(9)17/h2-7H,8H2,1H3. The second kappa shape index (κ2) is 6.62. The van der Waals surface area contributed by atoms with Gasteiger partial charge in [-0.25, -0.2) is 4.98 Å². The van der Waals surface area contributed by atoms with E-state index in [0.29, 0.717) is 43.5 Å². The first-order valence-electron chi connectivity index (χ1n) is 7.28. The van der Waals surface area contributed by atoms with Crippen molar-refractivity contribution >= 4 is 44.9 Å². The van der Waals surface area contributed by atoms with Gasteiger partial charge < -0.3 is 4.42 Å².